The molecule has 10 nitrogen and oxygen atoms in total. The minimum atomic E-state index is -4.57. The van der Waals surface area contributed by atoms with Crippen LogP contribution in [0.4, 0.5) is 23.9 Å². The van der Waals surface area contributed by atoms with Gasteiger partial charge in [-0.3, -0.25) is 9.69 Å². The third-order valence-electron chi connectivity index (χ3n) is 4.71. The molecule has 1 saturated heterocycles. The van der Waals surface area contributed by atoms with Crippen molar-refractivity contribution in [1.82, 2.24) is 25.3 Å². The van der Waals surface area contributed by atoms with Crippen LogP contribution < -0.4 is 10.2 Å². The summed E-state index contributed by atoms with van der Waals surface area (Å²) >= 11 is 0. The first-order valence-electron chi connectivity index (χ1n) is 9.01. The van der Waals surface area contributed by atoms with Crippen molar-refractivity contribution in [3.8, 4) is 0 Å². The quantitative estimate of drug-likeness (QED) is 0.741. The highest BCUT2D eigenvalue weighted by Gasteiger charge is 2.34. The van der Waals surface area contributed by atoms with Gasteiger partial charge in [0, 0.05) is 38.4 Å². The molecule has 162 valence electrons. The standard InChI is InChI=1S/C17H19F3N6O4/c1-21-14(27)12-8-11(30-24-12)9-26(16(28)29)10-3-6-25(7-4-10)15-22-5-2-13(23-15)17(18,19)20/h2,5,8,10H,3-4,6-7,9H2,1H3,(H,21,27)(H,28,29). The van der Waals surface area contributed by atoms with Crippen LogP contribution in [0.25, 0.3) is 0 Å². The van der Waals surface area contributed by atoms with E-state index >= 15 is 0 Å². The highest BCUT2D eigenvalue weighted by atomic mass is 19.4. The van der Waals surface area contributed by atoms with Crippen molar-refractivity contribution in [3.63, 3.8) is 0 Å². The third kappa shape index (κ3) is 4.78. The maximum atomic E-state index is 12.9. The van der Waals surface area contributed by atoms with E-state index in [1.165, 1.54) is 18.0 Å². The summed E-state index contributed by atoms with van der Waals surface area (Å²) in [6.07, 6.45) is -3.97. The normalized spacial score (nSPS) is 15.1. The Labute approximate surface area is 168 Å². The first kappa shape index (κ1) is 21.3. The van der Waals surface area contributed by atoms with Gasteiger partial charge in [0.05, 0.1) is 6.54 Å². The smallest absolute Gasteiger partial charge is 0.433 e. The Morgan fingerprint density at radius 3 is 2.67 bits per heavy atom. The zero-order valence-electron chi connectivity index (χ0n) is 15.9. The molecule has 0 atom stereocenters. The van der Waals surface area contributed by atoms with Crippen molar-refractivity contribution in [1.29, 1.82) is 0 Å². The molecule has 1 aliphatic heterocycles. The number of amides is 2. The van der Waals surface area contributed by atoms with Gasteiger partial charge in [0.1, 0.15) is 5.69 Å². The highest BCUT2D eigenvalue weighted by Crippen LogP contribution is 2.29. The Bertz CT molecular complexity index is 911. The van der Waals surface area contributed by atoms with Crippen molar-refractivity contribution in [3.05, 3.63) is 35.5 Å². The van der Waals surface area contributed by atoms with Crippen LogP contribution in [0.2, 0.25) is 0 Å². The van der Waals surface area contributed by atoms with Gasteiger partial charge < -0.3 is 19.8 Å². The Hall–Kier alpha value is -3.38. The number of hydrogen-bond acceptors (Lipinski definition) is 7. The van der Waals surface area contributed by atoms with Crippen LogP contribution in [0.5, 0.6) is 0 Å². The number of alkyl halides is 3. The average Bonchev–Trinajstić information content (AvgIpc) is 3.19. The Morgan fingerprint density at radius 2 is 2.07 bits per heavy atom. The van der Waals surface area contributed by atoms with Gasteiger partial charge in [-0.1, -0.05) is 5.16 Å². The molecule has 1 fully saturated rings. The van der Waals surface area contributed by atoms with Crippen LogP contribution in [-0.4, -0.2) is 63.3 Å². The first-order chi connectivity index (χ1) is 14.2. The number of rotatable bonds is 5. The van der Waals surface area contributed by atoms with E-state index in [1.807, 2.05) is 0 Å². The summed E-state index contributed by atoms with van der Waals surface area (Å²) in [6.45, 7) is 0.468. The van der Waals surface area contributed by atoms with Crippen LogP contribution in [-0.2, 0) is 12.7 Å². The van der Waals surface area contributed by atoms with E-state index in [9.17, 15) is 27.9 Å². The molecule has 2 amide bonds. The Kier molecular flexibility index (Phi) is 6.08. The second kappa shape index (κ2) is 8.55. The number of halogens is 3. The lowest BCUT2D eigenvalue weighted by Gasteiger charge is -2.36. The molecule has 13 heteroatoms. The third-order valence-corrected chi connectivity index (χ3v) is 4.71. The molecule has 0 bridgehead atoms. The lowest BCUT2D eigenvalue weighted by atomic mass is 10.0. The minimum Gasteiger partial charge on any atom is -0.465 e. The van der Waals surface area contributed by atoms with Crippen molar-refractivity contribution >= 4 is 17.9 Å². The zero-order valence-corrected chi connectivity index (χ0v) is 15.9. The van der Waals surface area contributed by atoms with E-state index in [2.05, 4.69) is 20.4 Å². The number of hydrogen-bond donors (Lipinski definition) is 2. The van der Waals surface area contributed by atoms with Crippen LogP contribution in [0.1, 0.15) is 34.8 Å². The number of anilines is 1. The van der Waals surface area contributed by atoms with E-state index in [0.29, 0.717) is 12.8 Å². The number of aromatic nitrogens is 3. The summed E-state index contributed by atoms with van der Waals surface area (Å²) in [4.78, 5) is 33.5. The Morgan fingerprint density at radius 1 is 1.37 bits per heavy atom. The molecule has 3 heterocycles. The average molecular weight is 428 g/mol. The molecule has 2 aromatic rings. The summed E-state index contributed by atoms with van der Waals surface area (Å²) < 4.78 is 43.6. The molecule has 0 aromatic carbocycles. The predicted octanol–water partition coefficient (Wildman–Crippen LogP) is 1.99. The molecule has 0 saturated carbocycles. The fourth-order valence-electron chi connectivity index (χ4n) is 3.18. The van der Waals surface area contributed by atoms with Gasteiger partial charge in [-0.05, 0) is 18.9 Å². The van der Waals surface area contributed by atoms with Gasteiger partial charge in [0.25, 0.3) is 5.91 Å². The molecule has 2 aromatic heterocycles. The molecule has 0 radical (unpaired) electrons. The predicted molar refractivity (Wildman–Crippen MR) is 95.7 cm³/mol. The zero-order chi connectivity index (χ0) is 21.9. The summed E-state index contributed by atoms with van der Waals surface area (Å²) in [7, 11) is 1.43. The summed E-state index contributed by atoms with van der Waals surface area (Å²) in [6, 6.07) is 1.77. The molecule has 0 unspecified atom stereocenters. The largest absolute Gasteiger partial charge is 0.465 e. The van der Waals surface area contributed by atoms with Gasteiger partial charge >= 0.3 is 12.3 Å². The highest BCUT2D eigenvalue weighted by molar-refractivity contribution is 5.91. The van der Waals surface area contributed by atoms with Crippen LogP contribution in [0.15, 0.2) is 22.9 Å². The number of nitrogens with one attached hydrogen (secondary N) is 1. The lowest BCUT2D eigenvalue weighted by Crippen LogP contribution is -2.47. The fraction of sp³-hybridized carbons (Fsp3) is 0.471. The number of nitrogens with zero attached hydrogens (tertiary/aromatic N) is 5. The molecule has 3 rings (SSSR count). The molecular formula is C17H19F3N6O4. The number of carboxylic acid groups (broad SMARTS) is 1. The second-order valence-corrected chi connectivity index (χ2v) is 6.63. The molecule has 30 heavy (non-hydrogen) atoms. The summed E-state index contributed by atoms with van der Waals surface area (Å²) in [5.41, 5.74) is -0.992. The monoisotopic (exact) mass is 428 g/mol. The first-order valence-corrected chi connectivity index (χ1v) is 9.01. The van der Waals surface area contributed by atoms with Gasteiger partial charge in [-0.2, -0.15) is 13.2 Å². The van der Waals surface area contributed by atoms with Gasteiger partial charge in [-0.15, -0.1) is 0 Å². The Balaban J connectivity index is 1.65. The van der Waals surface area contributed by atoms with Crippen LogP contribution >= 0.6 is 0 Å². The van der Waals surface area contributed by atoms with Gasteiger partial charge in [0.15, 0.2) is 11.5 Å². The molecular weight excluding hydrogens is 409 g/mol. The number of carbonyl (C=O) groups is 2. The SMILES string of the molecule is CNC(=O)c1cc(CN(C(=O)O)C2CCN(c3nccc(C(F)(F)F)n3)CC2)on1. The number of piperidine rings is 1. The molecule has 1 aliphatic rings. The second-order valence-electron chi connectivity index (χ2n) is 6.63. The minimum absolute atomic E-state index is 0.0364. The van der Waals surface area contributed by atoms with E-state index in [0.717, 1.165) is 12.3 Å². The van der Waals surface area contributed by atoms with Crippen molar-refractivity contribution < 1.29 is 32.4 Å². The maximum Gasteiger partial charge on any atom is 0.433 e. The van der Waals surface area contributed by atoms with E-state index in [4.69, 9.17) is 4.52 Å². The molecule has 0 spiro atoms. The number of carbonyl (C=O) groups excluding carboxylic acids is 1. The van der Waals surface area contributed by atoms with E-state index < -0.39 is 29.9 Å². The van der Waals surface area contributed by atoms with Crippen LogP contribution in [0.3, 0.4) is 0 Å². The summed E-state index contributed by atoms with van der Waals surface area (Å²) in [5.74, 6) is -0.295. The molecule has 0 aliphatic carbocycles. The van der Waals surface area contributed by atoms with Crippen LogP contribution in [0, 0.1) is 0 Å². The van der Waals surface area contributed by atoms with E-state index in [1.54, 1.807) is 4.90 Å². The van der Waals surface area contributed by atoms with Gasteiger partial charge in [-0.25, -0.2) is 14.8 Å². The van der Waals surface area contributed by atoms with Crippen molar-refractivity contribution in [2.45, 2.75) is 31.6 Å². The van der Waals surface area contributed by atoms with Crippen molar-refractivity contribution in [2.75, 3.05) is 25.0 Å². The topological polar surface area (TPSA) is 125 Å². The van der Waals surface area contributed by atoms with Gasteiger partial charge in [0.2, 0.25) is 5.95 Å². The summed E-state index contributed by atoms with van der Waals surface area (Å²) in [5, 5.41) is 15.6. The molecule has 2 N–H and O–H groups in total. The maximum absolute atomic E-state index is 12.9. The fourth-order valence-corrected chi connectivity index (χ4v) is 3.18. The van der Waals surface area contributed by atoms with Crippen molar-refractivity contribution in [2.24, 2.45) is 0 Å². The lowest BCUT2D eigenvalue weighted by molar-refractivity contribution is -0.141. The van der Waals surface area contributed by atoms with E-state index in [-0.39, 0.29) is 37.0 Å².